The van der Waals surface area contributed by atoms with Crippen molar-refractivity contribution in [2.24, 2.45) is 0 Å². The summed E-state index contributed by atoms with van der Waals surface area (Å²) < 4.78 is 5.10. The van der Waals surface area contributed by atoms with E-state index in [1.165, 1.54) is 12.1 Å². The van der Waals surface area contributed by atoms with Crippen LogP contribution in [-0.4, -0.2) is 35.0 Å². The zero-order valence-electron chi connectivity index (χ0n) is 13.2. The van der Waals surface area contributed by atoms with Crippen LogP contribution in [0.2, 0.25) is 0 Å². The van der Waals surface area contributed by atoms with E-state index < -0.39 is 11.7 Å². The van der Waals surface area contributed by atoms with Gasteiger partial charge in [-0.15, -0.1) is 0 Å². The van der Waals surface area contributed by atoms with E-state index in [-0.39, 0.29) is 11.5 Å². The third kappa shape index (κ3) is 7.54. The minimum absolute atomic E-state index is 0.0364. The maximum absolute atomic E-state index is 11.4. The van der Waals surface area contributed by atoms with Crippen LogP contribution in [0, 0.1) is 0 Å². The largest absolute Gasteiger partial charge is 0.508 e. The van der Waals surface area contributed by atoms with E-state index in [9.17, 15) is 15.0 Å². The summed E-state index contributed by atoms with van der Waals surface area (Å²) in [6.45, 7) is 6.90. The normalized spacial score (nSPS) is 11.6. The van der Waals surface area contributed by atoms with Crippen LogP contribution in [0.4, 0.5) is 4.79 Å². The molecule has 0 aliphatic carbocycles. The summed E-state index contributed by atoms with van der Waals surface area (Å²) in [5, 5.41) is 24.5. The molecule has 1 aromatic rings. The standard InChI is InChI=1S/C16H24N2O4/c1-16(2,3)22-15(21)18-9-5-4-8-17-11-12-6-7-13(19)10-14(12)20/h4-7,10,17,19-20H,8-9,11H2,1-3H3,(H,18,21)/b5-4+. The van der Waals surface area contributed by atoms with Gasteiger partial charge in [-0.05, 0) is 26.8 Å². The smallest absolute Gasteiger partial charge is 0.407 e. The number of hydrogen-bond acceptors (Lipinski definition) is 5. The Kier molecular flexibility index (Phi) is 6.72. The lowest BCUT2D eigenvalue weighted by Gasteiger charge is -2.19. The van der Waals surface area contributed by atoms with Crippen LogP contribution in [0.1, 0.15) is 26.3 Å². The van der Waals surface area contributed by atoms with Gasteiger partial charge in [-0.25, -0.2) is 4.79 Å². The Morgan fingerprint density at radius 3 is 2.55 bits per heavy atom. The molecule has 0 spiro atoms. The highest BCUT2D eigenvalue weighted by atomic mass is 16.6. The molecule has 0 atom stereocenters. The van der Waals surface area contributed by atoms with Gasteiger partial charge in [0.15, 0.2) is 0 Å². The third-order valence-corrected chi connectivity index (χ3v) is 2.58. The molecule has 6 nitrogen and oxygen atoms in total. The molecule has 22 heavy (non-hydrogen) atoms. The van der Waals surface area contributed by atoms with Gasteiger partial charge in [0.1, 0.15) is 17.1 Å². The molecular weight excluding hydrogens is 284 g/mol. The van der Waals surface area contributed by atoms with Gasteiger partial charge in [-0.2, -0.15) is 0 Å². The number of nitrogens with one attached hydrogen (secondary N) is 2. The number of rotatable bonds is 6. The predicted molar refractivity (Wildman–Crippen MR) is 84.9 cm³/mol. The first-order valence-corrected chi connectivity index (χ1v) is 7.11. The summed E-state index contributed by atoms with van der Waals surface area (Å²) in [7, 11) is 0. The monoisotopic (exact) mass is 308 g/mol. The number of alkyl carbamates (subject to hydrolysis) is 1. The van der Waals surface area contributed by atoms with Crippen molar-refractivity contribution in [3.05, 3.63) is 35.9 Å². The molecule has 0 radical (unpaired) electrons. The van der Waals surface area contributed by atoms with E-state index in [4.69, 9.17) is 4.74 Å². The Labute approximate surface area is 130 Å². The van der Waals surface area contributed by atoms with Crippen molar-refractivity contribution >= 4 is 6.09 Å². The van der Waals surface area contributed by atoms with Crippen molar-refractivity contribution in [2.75, 3.05) is 13.1 Å². The molecule has 4 N–H and O–H groups in total. The second-order valence-corrected chi connectivity index (χ2v) is 5.80. The average molecular weight is 308 g/mol. The molecule has 0 aromatic heterocycles. The predicted octanol–water partition coefficient (Wildman–Crippen LogP) is 2.27. The number of benzene rings is 1. The molecule has 0 saturated carbocycles. The molecule has 122 valence electrons. The molecule has 1 amide bonds. The molecule has 0 aliphatic heterocycles. The van der Waals surface area contributed by atoms with E-state index in [1.54, 1.807) is 6.07 Å². The van der Waals surface area contributed by atoms with Gasteiger partial charge < -0.3 is 25.6 Å². The number of ether oxygens (including phenoxy) is 1. The van der Waals surface area contributed by atoms with Gasteiger partial charge in [0.25, 0.3) is 0 Å². The number of phenols is 2. The first-order valence-electron chi connectivity index (χ1n) is 7.11. The minimum Gasteiger partial charge on any atom is -0.508 e. The Morgan fingerprint density at radius 1 is 1.23 bits per heavy atom. The van der Waals surface area contributed by atoms with Crippen LogP contribution in [0.25, 0.3) is 0 Å². The maximum Gasteiger partial charge on any atom is 0.407 e. The first kappa shape index (κ1) is 17.8. The Balaban J connectivity index is 2.18. The Morgan fingerprint density at radius 2 is 1.91 bits per heavy atom. The average Bonchev–Trinajstić information content (AvgIpc) is 2.37. The van der Waals surface area contributed by atoms with Gasteiger partial charge in [-0.3, -0.25) is 0 Å². The highest BCUT2D eigenvalue weighted by molar-refractivity contribution is 5.67. The van der Waals surface area contributed by atoms with Crippen molar-refractivity contribution < 1.29 is 19.7 Å². The van der Waals surface area contributed by atoms with Crippen LogP contribution in [0.5, 0.6) is 11.5 Å². The quantitative estimate of drug-likeness (QED) is 0.478. The van der Waals surface area contributed by atoms with Gasteiger partial charge in [0.05, 0.1) is 0 Å². The van der Waals surface area contributed by atoms with E-state index >= 15 is 0 Å². The van der Waals surface area contributed by atoms with E-state index in [0.29, 0.717) is 25.2 Å². The van der Waals surface area contributed by atoms with Gasteiger partial charge in [-0.1, -0.05) is 18.2 Å². The number of amides is 1. The molecule has 0 fully saturated rings. The van der Waals surface area contributed by atoms with Crippen LogP contribution < -0.4 is 10.6 Å². The molecule has 0 heterocycles. The molecular formula is C16H24N2O4. The third-order valence-electron chi connectivity index (χ3n) is 2.58. The first-order chi connectivity index (χ1) is 10.3. The highest BCUT2D eigenvalue weighted by Crippen LogP contribution is 2.21. The van der Waals surface area contributed by atoms with Crippen molar-refractivity contribution in [1.82, 2.24) is 10.6 Å². The van der Waals surface area contributed by atoms with Crippen molar-refractivity contribution in [1.29, 1.82) is 0 Å². The van der Waals surface area contributed by atoms with Gasteiger partial charge >= 0.3 is 6.09 Å². The number of hydrogen-bond donors (Lipinski definition) is 4. The summed E-state index contributed by atoms with van der Waals surface area (Å²) in [5.41, 5.74) is 0.208. The number of aromatic hydroxyl groups is 2. The molecule has 1 aromatic carbocycles. The SMILES string of the molecule is CC(C)(C)OC(=O)NC/C=C/CNCc1ccc(O)cc1O. The summed E-state index contributed by atoms with van der Waals surface area (Å²) in [5.74, 6) is 0.0948. The molecule has 0 bridgehead atoms. The van der Waals surface area contributed by atoms with Crippen molar-refractivity contribution in [3.63, 3.8) is 0 Å². The van der Waals surface area contributed by atoms with Crippen LogP contribution >= 0.6 is 0 Å². The topological polar surface area (TPSA) is 90.8 Å². The van der Waals surface area contributed by atoms with Crippen LogP contribution in [0.15, 0.2) is 30.4 Å². The summed E-state index contributed by atoms with van der Waals surface area (Å²) in [6.07, 6.45) is 3.24. The van der Waals surface area contributed by atoms with E-state index in [1.807, 2.05) is 32.9 Å². The molecule has 6 heteroatoms. The van der Waals surface area contributed by atoms with Crippen LogP contribution in [-0.2, 0) is 11.3 Å². The fourth-order valence-electron chi connectivity index (χ4n) is 1.61. The Hall–Kier alpha value is -2.21. The highest BCUT2D eigenvalue weighted by Gasteiger charge is 2.14. The Bertz CT molecular complexity index is 521. The van der Waals surface area contributed by atoms with Crippen LogP contribution in [0.3, 0.4) is 0 Å². The zero-order chi connectivity index (χ0) is 16.6. The zero-order valence-corrected chi connectivity index (χ0v) is 13.2. The molecule has 1 rings (SSSR count). The molecule has 0 aliphatic rings. The number of carbonyl (C=O) groups is 1. The fourth-order valence-corrected chi connectivity index (χ4v) is 1.61. The molecule has 0 saturated heterocycles. The van der Waals surface area contributed by atoms with E-state index in [0.717, 1.165) is 0 Å². The van der Waals surface area contributed by atoms with E-state index in [2.05, 4.69) is 10.6 Å². The second kappa shape index (κ2) is 8.29. The summed E-state index contributed by atoms with van der Waals surface area (Å²) >= 11 is 0. The lowest BCUT2D eigenvalue weighted by Crippen LogP contribution is -2.32. The van der Waals surface area contributed by atoms with Gasteiger partial charge in [0.2, 0.25) is 0 Å². The number of phenolic OH excluding ortho intramolecular Hbond substituents is 2. The van der Waals surface area contributed by atoms with Crippen molar-refractivity contribution in [3.8, 4) is 11.5 Å². The van der Waals surface area contributed by atoms with Gasteiger partial charge in [0, 0.05) is 31.3 Å². The van der Waals surface area contributed by atoms with Crippen molar-refractivity contribution in [2.45, 2.75) is 32.9 Å². The fraction of sp³-hybridized carbons (Fsp3) is 0.438. The molecule has 0 unspecified atom stereocenters. The number of carbonyl (C=O) groups excluding carboxylic acids is 1. The summed E-state index contributed by atoms with van der Waals surface area (Å²) in [4.78, 5) is 11.4. The maximum atomic E-state index is 11.4. The lowest BCUT2D eigenvalue weighted by molar-refractivity contribution is 0.0534. The minimum atomic E-state index is -0.499. The summed E-state index contributed by atoms with van der Waals surface area (Å²) in [6, 6.07) is 4.49. The lowest BCUT2D eigenvalue weighted by atomic mass is 10.2. The second-order valence-electron chi connectivity index (χ2n) is 5.80.